The summed E-state index contributed by atoms with van der Waals surface area (Å²) < 4.78 is 0. The van der Waals surface area contributed by atoms with Gasteiger partial charge in [0.25, 0.3) is 0 Å². The van der Waals surface area contributed by atoms with Gasteiger partial charge in [-0.3, -0.25) is 4.79 Å². The van der Waals surface area contributed by atoms with Crippen molar-refractivity contribution >= 4 is 20.7 Å². The molecule has 2 N–H and O–H groups in total. The van der Waals surface area contributed by atoms with Crippen LogP contribution in [0.25, 0.3) is 0 Å². The second-order valence-electron chi connectivity index (χ2n) is 2.18. The summed E-state index contributed by atoms with van der Waals surface area (Å²) in [7, 11) is 0.317. The van der Waals surface area contributed by atoms with E-state index in [0.717, 1.165) is 0 Å². The lowest BCUT2D eigenvalue weighted by Gasteiger charge is -1.99. The van der Waals surface area contributed by atoms with Gasteiger partial charge in [0.1, 0.15) is 0 Å². The predicted octanol–water partition coefficient (Wildman–Crippen LogP) is -0.549. The maximum Gasteiger partial charge on any atom is 0.337 e. The van der Waals surface area contributed by atoms with Crippen molar-refractivity contribution in [3.63, 3.8) is 0 Å². The Hall–Kier alpha value is -1.36. The Morgan fingerprint density at radius 2 is 2.33 bits per heavy atom. The van der Waals surface area contributed by atoms with Gasteiger partial charge in [-0.15, -0.1) is 0 Å². The Morgan fingerprint density at radius 1 is 1.67 bits per heavy atom. The van der Waals surface area contributed by atoms with Gasteiger partial charge in [0.15, 0.2) is 0 Å². The maximum absolute atomic E-state index is 10.8. The van der Waals surface area contributed by atoms with Gasteiger partial charge in [0.2, 0.25) is 5.56 Å². The summed E-state index contributed by atoms with van der Waals surface area (Å²) in [5.41, 5.74) is -0.0835. The number of pyridine rings is 1. The topological polar surface area (TPSA) is 70.2 Å². The molecule has 0 fully saturated rings. The fourth-order valence-electron chi connectivity index (χ4n) is 0.855. The minimum absolute atomic E-state index is 0.176. The van der Waals surface area contributed by atoms with Crippen molar-refractivity contribution < 1.29 is 9.90 Å². The third-order valence-corrected chi connectivity index (χ3v) is 2.38. The monoisotopic (exact) mass is 181 g/mol. The molecule has 0 saturated carbocycles. The van der Waals surface area contributed by atoms with Crippen molar-refractivity contribution in [2.24, 2.45) is 0 Å². The Labute approximate surface area is 71.1 Å². The highest BCUT2D eigenvalue weighted by Gasteiger charge is 2.08. The number of aromatic nitrogens is 1. The fourth-order valence-corrected chi connectivity index (χ4v) is 1.58. The van der Waals surface area contributed by atoms with Crippen LogP contribution in [0.3, 0.4) is 0 Å². The van der Waals surface area contributed by atoms with Gasteiger partial charge >= 0.3 is 5.97 Å². The molecule has 5 heteroatoms. The second kappa shape index (κ2) is 3.36. The highest BCUT2D eigenvalue weighted by molar-refractivity contribution is 6.53. The predicted molar refractivity (Wildman–Crippen MR) is 45.3 cm³/mol. The number of carboxylic acid groups (broad SMARTS) is 1. The largest absolute Gasteiger partial charge is 0.478 e. The fraction of sp³-hybridized carbons (Fsp3) is 0.143. The first-order valence-corrected chi connectivity index (χ1v) is 4.79. The molecule has 4 nitrogen and oxygen atoms in total. The van der Waals surface area contributed by atoms with Crippen LogP contribution in [0.2, 0.25) is 6.55 Å². The lowest BCUT2D eigenvalue weighted by molar-refractivity contribution is 0.0698. The quantitative estimate of drug-likeness (QED) is 0.601. The van der Waals surface area contributed by atoms with Gasteiger partial charge in [0, 0.05) is 12.3 Å². The summed E-state index contributed by atoms with van der Waals surface area (Å²) in [5.74, 6) is -1.00. The first kappa shape index (κ1) is 8.73. The van der Waals surface area contributed by atoms with E-state index in [4.69, 9.17) is 5.11 Å². The van der Waals surface area contributed by atoms with Crippen LogP contribution >= 0.6 is 0 Å². The Balaban J connectivity index is 3.29. The third kappa shape index (κ3) is 1.62. The zero-order valence-corrected chi connectivity index (χ0v) is 7.42. The molecule has 12 heavy (non-hydrogen) atoms. The van der Waals surface area contributed by atoms with Crippen LogP contribution in [0.5, 0.6) is 0 Å². The average Bonchev–Trinajstić information content (AvgIpc) is 2.03. The number of hydrogen-bond donors (Lipinski definition) is 2. The molecule has 0 amide bonds. The Kier molecular flexibility index (Phi) is 2.44. The zero-order valence-electron chi connectivity index (χ0n) is 6.42. The molecule has 0 aliphatic carbocycles. The molecule has 1 rings (SSSR count). The van der Waals surface area contributed by atoms with E-state index in [2.05, 4.69) is 4.98 Å². The Morgan fingerprint density at radius 3 is 2.83 bits per heavy atom. The lowest BCUT2D eigenvalue weighted by atomic mass is 10.3. The van der Waals surface area contributed by atoms with Crippen molar-refractivity contribution in [1.82, 2.24) is 4.98 Å². The molecule has 0 unspecified atom stereocenters. The van der Waals surface area contributed by atoms with Gasteiger partial charge in [-0.1, -0.05) is 6.55 Å². The van der Waals surface area contributed by atoms with Crippen LogP contribution in [0.1, 0.15) is 10.4 Å². The summed E-state index contributed by atoms with van der Waals surface area (Å²) in [5, 5.41) is 9.26. The number of hydrogen-bond acceptors (Lipinski definition) is 2. The number of aromatic amines is 1. The van der Waals surface area contributed by atoms with E-state index in [1.807, 2.05) is 6.55 Å². The van der Waals surface area contributed by atoms with Crippen LogP contribution in [0.15, 0.2) is 17.1 Å². The summed E-state index contributed by atoms with van der Waals surface area (Å²) >= 11 is 0. The molecule has 1 aromatic heterocycles. The molecule has 0 atom stereocenters. The van der Waals surface area contributed by atoms with E-state index in [1.54, 1.807) is 0 Å². The molecule has 1 heterocycles. The molecule has 0 aliphatic rings. The molecular weight excluding hydrogens is 174 g/mol. The summed E-state index contributed by atoms with van der Waals surface area (Å²) in [6.45, 7) is 1.83. The van der Waals surface area contributed by atoms with E-state index < -0.39 is 5.97 Å². The minimum atomic E-state index is -1.00. The highest BCUT2D eigenvalue weighted by atomic mass is 28.2. The molecule has 0 saturated heterocycles. The number of nitrogens with one attached hydrogen (secondary N) is 1. The maximum atomic E-state index is 10.8. The standard InChI is InChI=1S/C7H7NO3Si/c1-12-5-2-6(9)8-3-4(5)7(10)11/h2-3H,1H3,(H,8,9)(H,10,11). The number of carboxylic acids is 1. The van der Waals surface area contributed by atoms with E-state index in [1.165, 1.54) is 12.3 Å². The van der Waals surface area contributed by atoms with Gasteiger partial charge in [-0.05, 0) is 5.19 Å². The Bertz CT molecular complexity index is 358. The average molecular weight is 181 g/mol. The first-order valence-electron chi connectivity index (χ1n) is 3.29. The van der Waals surface area contributed by atoms with Gasteiger partial charge in [0.05, 0.1) is 15.1 Å². The first-order chi connectivity index (χ1) is 5.65. The number of carbonyl (C=O) groups is 1. The minimum Gasteiger partial charge on any atom is -0.478 e. The smallest absolute Gasteiger partial charge is 0.337 e. The van der Waals surface area contributed by atoms with Crippen LogP contribution in [0, 0.1) is 0 Å². The molecule has 2 radical (unpaired) electrons. The second-order valence-corrected chi connectivity index (χ2v) is 3.22. The number of aromatic carboxylic acids is 1. The molecule has 0 aromatic carbocycles. The van der Waals surface area contributed by atoms with E-state index >= 15 is 0 Å². The molecular formula is C7H7NO3Si. The SMILES string of the molecule is C[Si]c1cc(=O)[nH]cc1C(=O)O. The third-order valence-electron chi connectivity index (χ3n) is 1.42. The van der Waals surface area contributed by atoms with Gasteiger partial charge in [-0.25, -0.2) is 4.79 Å². The summed E-state index contributed by atoms with van der Waals surface area (Å²) in [6, 6.07) is 1.32. The normalized spacial score (nSPS) is 9.75. The van der Waals surface area contributed by atoms with Gasteiger partial charge < -0.3 is 10.1 Å². The van der Waals surface area contributed by atoms with E-state index in [-0.39, 0.29) is 11.1 Å². The summed E-state index contributed by atoms with van der Waals surface area (Å²) in [4.78, 5) is 23.7. The van der Waals surface area contributed by atoms with Crippen molar-refractivity contribution in [2.75, 3.05) is 0 Å². The van der Waals surface area contributed by atoms with Crippen LogP contribution in [-0.2, 0) is 0 Å². The van der Waals surface area contributed by atoms with Gasteiger partial charge in [-0.2, -0.15) is 0 Å². The molecule has 62 valence electrons. The van der Waals surface area contributed by atoms with Crippen molar-refractivity contribution in [3.05, 3.63) is 28.2 Å². The zero-order chi connectivity index (χ0) is 9.14. The van der Waals surface area contributed by atoms with E-state index in [9.17, 15) is 9.59 Å². The van der Waals surface area contributed by atoms with Crippen LogP contribution in [-0.4, -0.2) is 25.6 Å². The van der Waals surface area contributed by atoms with E-state index in [0.29, 0.717) is 14.7 Å². The lowest BCUT2D eigenvalue weighted by Crippen LogP contribution is -2.26. The molecule has 0 aliphatic heterocycles. The molecule has 1 aromatic rings. The van der Waals surface area contributed by atoms with Crippen molar-refractivity contribution in [3.8, 4) is 0 Å². The molecule has 0 spiro atoms. The van der Waals surface area contributed by atoms with Crippen molar-refractivity contribution in [1.29, 1.82) is 0 Å². The van der Waals surface area contributed by atoms with Crippen LogP contribution in [0.4, 0.5) is 0 Å². The number of H-pyrrole nitrogens is 1. The number of rotatable bonds is 2. The molecule has 0 bridgehead atoms. The highest BCUT2D eigenvalue weighted by Crippen LogP contribution is 1.89. The van der Waals surface area contributed by atoms with Crippen molar-refractivity contribution in [2.45, 2.75) is 6.55 Å². The summed E-state index contributed by atoms with van der Waals surface area (Å²) in [6.07, 6.45) is 1.23. The van der Waals surface area contributed by atoms with Crippen LogP contribution < -0.4 is 10.7 Å².